The van der Waals surface area contributed by atoms with E-state index in [4.69, 9.17) is 15.0 Å². The molecule has 0 bridgehead atoms. The largest absolute Gasteiger partial charge is 0.494 e. The van der Waals surface area contributed by atoms with Crippen molar-refractivity contribution >= 4 is 28.1 Å². The van der Waals surface area contributed by atoms with E-state index in [0.29, 0.717) is 11.2 Å². The Morgan fingerprint density at radius 3 is 2.00 bits per heavy atom. The summed E-state index contributed by atoms with van der Waals surface area (Å²) in [6.07, 6.45) is 1.15. The summed E-state index contributed by atoms with van der Waals surface area (Å²) in [7, 11) is -3.95. The normalized spacial score (nSPS) is 21.1. The number of hydrogen-bond donors (Lipinski definition) is 1. The molecular formula is C13H20BNO4S. The lowest BCUT2D eigenvalue weighted by Gasteiger charge is -2.32. The van der Waals surface area contributed by atoms with E-state index >= 15 is 0 Å². The average Bonchev–Trinajstić information content (AvgIpc) is 2.46. The molecule has 1 aliphatic heterocycles. The Hall–Kier alpha value is -1.05. The van der Waals surface area contributed by atoms with Crippen LogP contribution in [-0.4, -0.2) is 33.0 Å². The lowest BCUT2D eigenvalue weighted by Crippen LogP contribution is -2.41. The first-order valence-electron chi connectivity index (χ1n) is 6.38. The summed E-state index contributed by atoms with van der Waals surface area (Å²) in [6, 6.07) is 4.66. The molecule has 0 spiro atoms. The van der Waals surface area contributed by atoms with Gasteiger partial charge in [-0.05, 0) is 51.4 Å². The molecule has 110 valence electrons. The van der Waals surface area contributed by atoms with Crippen molar-refractivity contribution in [3.63, 3.8) is 0 Å². The van der Waals surface area contributed by atoms with Crippen LogP contribution in [0.2, 0.25) is 0 Å². The van der Waals surface area contributed by atoms with Gasteiger partial charge in [0.2, 0.25) is 0 Å². The van der Waals surface area contributed by atoms with Crippen LogP contribution in [0.25, 0.3) is 0 Å². The monoisotopic (exact) mass is 297 g/mol. The summed E-state index contributed by atoms with van der Waals surface area (Å²) < 4.78 is 35.1. The van der Waals surface area contributed by atoms with Gasteiger partial charge >= 0.3 is 7.12 Å². The molecule has 1 aromatic carbocycles. The van der Waals surface area contributed by atoms with Crippen molar-refractivity contribution in [3.05, 3.63) is 18.2 Å². The highest BCUT2D eigenvalue weighted by atomic mass is 32.2. The fourth-order valence-corrected chi connectivity index (χ4v) is 2.68. The highest BCUT2D eigenvalue weighted by Crippen LogP contribution is 2.36. The summed E-state index contributed by atoms with van der Waals surface area (Å²) >= 11 is 0. The minimum absolute atomic E-state index is 0.169. The minimum atomic E-state index is -3.33. The third-order valence-corrected chi connectivity index (χ3v) is 5.00. The van der Waals surface area contributed by atoms with Gasteiger partial charge in [-0.15, -0.1) is 0 Å². The van der Waals surface area contributed by atoms with Crippen LogP contribution in [0.15, 0.2) is 23.1 Å². The molecule has 0 amide bonds. The van der Waals surface area contributed by atoms with E-state index in [-0.39, 0.29) is 4.90 Å². The van der Waals surface area contributed by atoms with Crippen LogP contribution in [0.5, 0.6) is 0 Å². The summed E-state index contributed by atoms with van der Waals surface area (Å²) in [6.45, 7) is 7.76. The smallest absolute Gasteiger partial charge is 0.399 e. The van der Waals surface area contributed by atoms with Gasteiger partial charge in [0, 0.05) is 11.9 Å². The molecule has 1 fully saturated rings. The first kappa shape index (κ1) is 15.3. The lowest BCUT2D eigenvalue weighted by molar-refractivity contribution is 0.00578. The number of rotatable bonds is 2. The zero-order valence-electron chi connectivity index (χ0n) is 12.4. The van der Waals surface area contributed by atoms with E-state index in [2.05, 4.69) is 0 Å². The van der Waals surface area contributed by atoms with Crippen molar-refractivity contribution < 1.29 is 17.7 Å². The zero-order chi connectivity index (χ0) is 15.3. The second kappa shape index (κ2) is 4.48. The molecule has 0 unspecified atom stereocenters. The molecule has 1 aliphatic rings. The van der Waals surface area contributed by atoms with Gasteiger partial charge < -0.3 is 15.0 Å². The number of anilines is 1. The van der Waals surface area contributed by atoms with Gasteiger partial charge in [0.1, 0.15) is 0 Å². The van der Waals surface area contributed by atoms with Crippen LogP contribution < -0.4 is 11.2 Å². The predicted molar refractivity (Wildman–Crippen MR) is 79.7 cm³/mol. The van der Waals surface area contributed by atoms with Crippen LogP contribution in [0.1, 0.15) is 27.7 Å². The summed E-state index contributed by atoms with van der Waals surface area (Å²) in [5.74, 6) is 0. The molecular weight excluding hydrogens is 277 g/mol. The number of nitrogens with two attached hydrogens (primary N) is 1. The Bertz CT molecular complexity index is 624. The molecule has 0 saturated carbocycles. The molecule has 0 radical (unpaired) electrons. The van der Waals surface area contributed by atoms with Gasteiger partial charge in [0.05, 0.1) is 16.1 Å². The van der Waals surface area contributed by atoms with E-state index in [1.807, 2.05) is 27.7 Å². The van der Waals surface area contributed by atoms with Crippen LogP contribution >= 0.6 is 0 Å². The van der Waals surface area contributed by atoms with E-state index in [1.165, 1.54) is 6.07 Å². The predicted octanol–water partition coefficient (Wildman–Crippen LogP) is 0.971. The third-order valence-electron chi connectivity index (χ3n) is 3.90. The van der Waals surface area contributed by atoms with Crippen molar-refractivity contribution in [1.82, 2.24) is 0 Å². The van der Waals surface area contributed by atoms with Crippen molar-refractivity contribution in [1.29, 1.82) is 0 Å². The third kappa shape index (κ3) is 2.70. The maximum atomic E-state index is 11.7. The van der Waals surface area contributed by atoms with Crippen LogP contribution in [0.4, 0.5) is 5.69 Å². The second-order valence-corrected chi connectivity index (χ2v) is 8.21. The van der Waals surface area contributed by atoms with E-state index in [0.717, 1.165) is 6.26 Å². The molecule has 20 heavy (non-hydrogen) atoms. The summed E-state index contributed by atoms with van der Waals surface area (Å²) in [5.41, 5.74) is 5.81. The van der Waals surface area contributed by atoms with E-state index in [1.54, 1.807) is 12.1 Å². The average molecular weight is 297 g/mol. The minimum Gasteiger partial charge on any atom is -0.399 e. The second-order valence-electron chi connectivity index (χ2n) is 6.20. The fourth-order valence-electron chi connectivity index (χ4n) is 1.98. The van der Waals surface area contributed by atoms with Crippen molar-refractivity contribution in [2.24, 2.45) is 0 Å². The Kier molecular flexibility index (Phi) is 3.44. The molecule has 1 heterocycles. The van der Waals surface area contributed by atoms with E-state index < -0.39 is 28.2 Å². The van der Waals surface area contributed by atoms with Crippen LogP contribution in [-0.2, 0) is 19.1 Å². The first-order chi connectivity index (χ1) is 8.92. The number of sulfone groups is 1. The molecule has 1 aromatic rings. The van der Waals surface area contributed by atoms with Crippen LogP contribution in [0, 0.1) is 0 Å². The standard InChI is InChI=1S/C13H20BNO4S/c1-12(2)13(3,4)19-14(18-12)9-6-10(15)8-11(7-9)20(5,16)17/h6-8H,15H2,1-5H3. The summed E-state index contributed by atoms with van der Waals surface area (Å²) in [5, 5.41) is 0. The molecule has 7 heteroatoms. The molecule has 0 aromatic heterocycles. The lowest BCUT2D eigenvalue weighted by atomic mass is 9.79. The highest BCUT2D eigenvalue weighted by molar-refractivity contribution is 7.90. The van der Waals surface area contributed by atoms with Crippen molar-refractivity contribution in [2.45, 2.75) is 43.8 Å². The Labute approximate surface area is 120 Å². The SMILES string of the molecule is CC1(C)OB(c2cc(N)cc(S(C)(=O)=O)c2)OC1(C)C. The number of nitrogen functional groups attached to an aromatic ring is 1. The van der Waals surface area contributed by atoms with E-state index in [9.17, 15) is 8.42 Å². The number of benzene rings is 1. The molecule has 0 aliphatic carbocycles. The topological polar surface area (TPSA) is 78.6 Å². The first-order valence-corrected chi connectivity index (χ1v) is 8.28. The Balaban J connectivity index is 2.44. The zero-order valence-corrected chi connectivity index (χ0v) is 13.2. The maximum Gasteiger partial charge on any atom is 0.494 e. The van der Waals surface area contributed by atoms with Gasteiger partial charge in [0.15, 0.2) is 9.84 Å². The fraction of sp³-hybridized carbons (Fsp3) is 0.538. The molecule has 2 N–H and O–H groups in total. The van der Waals surface area contributed by atoms with Gasteiger partial charge in [0.25, 0.3) is 0 Å². The van der Waals surface area contributed by atoms with Gasteiger partial charge in [-0.1, -0.05) is 0 Å². The quantitative estimate of drug-likeness (QED) is 0.650. The van der Waals surface area contributed by atoms with Gasteiger partial charge in [-0.3, -0.25) is 0 Å². The van der Waals surface area contributed by atoms with Crippen molar-refractivity contribution in [2.75, 3.05) is 12.0 Å². The maximum absolute atomic E-state index is 11.7. The molecule has 5 nitrogen and oxygen atoms in total. The Morgan fingerprint density at radius 1 is 1.05 bits per heavy atom. The number of hydrogen-bond acceptors (Lipinski definition) is 5. The summed E-state index contributed by atoms with van der Waals surface area (Å²) in [4.78, 5) is 0.169. The van der Waals surface area contributed by atoms with Gasteiger partial charge in [-0.2, -0.15) is 0 Å². The highest BCUT2D eigenvalue weighted by Gasteiger charge is 2.51. The molecule has 1 saturated heterocycles. The van der Waals surface area contributed by atoms with Crippen molar-refractivity contribution in [3.8, 4) is 0 Å². The van der Waals surface area contributed by atoms with Crippen LogP contribution in [0.3, 0.4) is 0 Å². The van der Waals surface area contributed by atoms with Gasteiger partial charge in [-0.25, -0.2) is 8.42 Å². The molecule has 0 atom stereocenters. The Morgan fingerprint density at radius 2 is 1.55 bits per heavy atom. The molecule has 2 rings (SSSR count).